The Bertz CT molecular complexity index is 601. The highest BCUT2D eigenvalue weighted by molar-refractivity contribution is 8.13. The van der Waals surface area contributed by atoms with Crippen molar-refractivity contribution in [2.45, 2.75) is 19.3 Å². The number of hydrogen-bond donors (Lipinski definition) is 1. The van der Waals surface area contributed by atoms with E-state index in [9.17, 15) is 0 Å². The molecule has 0 fully saturated rings. The third-order valence-electron chi connectivity index (χ3n) is 3.80. The maximum Gasteiger partial charge on any atom is 0.172 e. The molecule has 1 rings (SSSR count). The zero-order valence-corrected chi connectivity index (χ0v) is 17.1. The molecule has 1 aromatic rings. The molecule has 0 saturated carbocycles. The second-order valence-corrected chi connectivity index (χ2v) is 6.72. The average molecular weight is 366 g/mol. The van der Waals surface area contributed by atoms with E-state index < -0.39 is 0 Å². The maximum atomic E-state index is 5.60. The van der Waals surface area contributed by atoms with Crippen LogP contribution in [0.1, 0.15) is 24.8 Å². The molecule has 25 heavy (non-hydrogen) atoms. The second kappa shape index (κ2) is 11.1. The summed E-state index contributed by atoms with van der Waals surface area (Å²) in [7, 11) is 9.36. The number of nitrogens with zero attached hydrogens (tertiary/aromatic N) is 2. The molecule has 1 N–H and O–H groups in total. The fourth-order valence-electron chi connectivity index (χ4n) is 2.51. The highest BCUT2D eigenvalue weighted by Crippen LogP contribution is 2.38. The summed E-state index contributed by atoms with van der Waals surface area (Å²) >= 11 is 1.58. The first-order valence-corrected chi connectivity index (χ1v) is 9.59. The lowest BCUT2D eigenvalue weighted by molar-refractivity contribution is 0.354. The molecule has 0 bridgehead atoms. The van der Waals surface area contributed by atoms with E-state index in [1.807, 2.05) is 25.4 Å². The van der Waals surface area contributed by atoms with Gasteiger partial charge in [0.25, 0.3) is 0 Å². The van der Waals surface area contributed by atoms with Gasteiger partial charge in [-0.05, 0) is 58.3 Å². The van der Waals surface area contributed by atoms with E-state index >= 15 is 0 Å². The first-order chi connectivity index (χ1) is 12.0. The van der Waals surface area contributed by atoms with Crippen LogP contribution in [-0.4, -0.2) is 58.1 Å². The van der Waals surface area contributed by atoms with Crippen molar-refractivity contribution in [3.05, 3.63) is 30.0 Å². The summed E-state index contributed by atoms with van der Waals surface area (Å²) in [6.45, 7) is 5.21. The van der Waals surface area contributed by atoms with E-state index in [4.69, 9.17) is 14.5 Å². The molecular formula is C19H31N3O2S. The van der Waals surface area contributed by atoms with Gasteiger partial charge in [-0.2, -0.15) is 0 Å². The Balaban J connectivity index is 3.07. The highest BCUT2D eigenvalue weighted by atomic mass is 32.2. The molecule has 0 atom stereocenters. The lowest BCUT2D eigenvalue weighted by atomic mass is 10.1. The molecule has 5 nitrogen and oxygen atoms in total. The van der Waals surface area contributed by atoms with Gasteiger partial charge in [0.15, 0.2) is 11.5 Å². The normalized spacial score (nSPS) is 11.6. The van der Waals surface area contributed by atoms with Gasteiger partial charge in [0.1, 0.15) is 5.04 Å². The Labute approximate surface area is 156 Å². The van der Waals surface area contributed by atoms with Crippen molar-refractivity contribution in [1.82, 2.24) is 4.90 Å². The number of unbranched alkanes of at least 4 members (excludes halogenated alkanes) is 1. The third-order valence-corrected chi connectivity index (χ3v) is 4.48. The van der Waals surface area contributed by atoms with Crippen molar-refractivity contribution >= 4 is 22.5 Å². The van der Waals surface area contributed by atoms with Gasteiger partial charge in [-0.15, -0.1) is 11.8 Å². The number of thioether (sulfide) groups is 1. The van der Waals surface area contributed by atoms with Crippen molar-refractivity contribution in [3.63, 3.8) is 0 Å². The topological polar surface area (TPSA) is 46.1 Å². The van der Waals surface area contributed by atoms with Crippen molar-refractivity contribution in [2.24, 2.45) is 4.99 Å². The van der Waals surface area contributed by atoms with Gasteiger partial charge < -0.3 is 19.7 Å². The van der Waals surface area contributed by atoms with Crippen molar-refractivity contribution in [2.75, 3.05) is 53.5 Å². The summed E-state index contributed by atoms with van der Waals surface area (Å²) in [5.74, 6) is 1.37. The summed E-state index contributed by atoms with van der Waals surface area (Å²) in [6, 6.07) is 3.87. The number of allylic oxidation sites excluding steroid dienone is 1. The summed E-state index contributed by atoms with van der Waals surface area (Å²) in [5.41, 5.74) is 2.74. The molecule has 0 amide bonds. The largest absolute Gasteiger partial charge is 0.493 e. The van der Waals surface area contributed by atoms with E-state index in [2.05, 4.69) is 30.9 Å². The summed E-state index contributed by atoms with van der Waals surface area (Å²) in [6.07, 6.45) is 5.12. The Morgan fingerprint density at radius 2 is 1.96 bits per heavy atom. The fraction of sp³-hybridized carbons (Fsp3) is 0.526. The minimum atomic E-state index is 0.683. The van der Waals surface area contributed by atoms with Crippen LogP contribution in [0, 0.1) is 0 Å². The van der Waals surface area contributed by atoms with Crippen LogP contribution in [0.3, 0.4) is 0 Å². The second-order valence-electron chi connectivity index (χ2n) is 5.92. The van der Waals surface area contributed by atoms with Crippen molar-refractivity contribution < 1.29 is 9.47 Å². The van der Waals surface area contributed by atoms with Gasteiger partial charge in [-0.3, -0.25) is 0 Å². The Hall–Kier alpha value is -1.66. The predicted octanol–water partition coefficient (Wildman–Crippen LogP) is 4.10. The maximum absolute atomic E-state index is 5.60. The molecule has 0 aliphatic heterocycles. The van der Waals surface area contributed by atoms with E-state index in [0.29, 0.717) is 11.5 Å². The van der Waals surface area contributed by atoms with Gasteiger partial charge in [-0.25, -0.2) is 4.99 Å². The van der Waals surface area contributed by atoms with Gasteiger partial charge in [-0.1, -0.05) is 6.58 Å². The van der Waals surface area contributed by atoms with E-state index in [1.165, 1.54) is 0 Å². The van der Waals surface area contributed by atoms with Crippen molar-refractivity contribution in [3.8, 4) is 11.5 Å². The third kappa shape index (κ3) is 6.29. The van der Waals surface area contributed by atoms with Crippen LogP contribution in [0.5, 0.6) is 11.5 Å². The van der Waals surface area contributed by atoms with Crippen LogP contribution < -0.4 is 14.8 Å². The Kier molecular flexibility index (Phi) is 9.45. The van der Waals surface area contributed by atoms with Crippen LogP contribution in [0.25, 0.3) is 0 Å². The number of ether oxygens (including phenoxy) is 2. The lowest BCUT2D eigenvalue weighted by Crippen LogP contribution is -2.12. The minimum absolute atomic E-state index is 0.683. The van der Waals surface area contributed by atoms with Crippen molar-refractivity contribution in [1.29, 1.82) is 0 Å². The number of hydrogen-bond acceptors (Lipinski definition) is 6. The van der Waals surface area contributed by atoms with Gasteiger partial charge >= 0.3 is 0 Å². The summed E-state index contributed by atoms with van der Waals surface area (Å²) in [5, 5.41) is 4.08. The standard InChI is InChI=1S/C19H31N3O2S/c1-14(10-8-9-13-22(3)4)21-19(25-7)17-15(20-2)11-12-16(23-5)18(17)24-6/h11-12,20H,1,8-10,13H2,2-7H3. The Morgan fingerprint density at radius 1 is 1.24 bits per heavy atom. The molecule has 0 unspecified atom stereocenters. The van der Waals surface area contributed by atoms with Crippen LogP contribution in [0.2, 0.25) is 0 Å². The molecule has 0 saturated heterocycles. The summed E-state index contributed by atoms with van der Waals surface area (Å²) < 4.78 is 11.0. The first kappa shape index (κ1) is 21.4. The molecule has 0 radical (unpaired) electrons. The monoisotopic (exact) mass is 365 g/mol. The number of benzene rings is 1. The van der Waals surface area contributed by atoms with E-state index in [-0.39, 0.29) is 0 Å². The van der Waals surface area contributed by atoms with Crippen LogP contribution in [0.15, 0.2) is 29.4 Å². The van der Waals surface area contributed by atoms with Gasteiger partial charge in [0, 0.05) is 18.4 Å². The van der Waals surface area contributed by atoms with E-state index in [0.717, 1.165) is 47.8 Å². The molecule has 6 heteroatoms. The molecule has 140 valence electrons. The molecule has 0 heterocycles. The molecule has 0 aliphatic rings. The summed E-state index contributed by atoms with van der Waals surface area (Å²) in [4.78, 5) is 6.96. The van der Waals surface area contributed by atoms with Crippen LogP contribution in [-0.2, 0) is 0 Å². The first-order valence-electron chi connectivity index (χ1n) is 8.36. The SMILES string of the molecule is C=C(CCCCN(C)C)N=C(SC)c1c(NC)ccc(OC)c1OC. The highest BCUT2D eigenvalue weighted by Gasteiger charge is 2.19. The van der Waals surface area contributed by atoms with Crippen LogP contribution >= 0.6 is 11.8 Å². The predicted molar refractivity (Wildman–Crippen MR) is 111 cm³/mol. The zero-order valence-electron chi connectivity index (χ0n) is 16.3. The number of aliphatic imine (C=N–C) groups is 1. The Morgan fingerprint density at radius 3 is 2.48 bits per heavy atom. The molecule has 0 aromatic heterocycles. The quantitative estimate of drug-likeness (QED) is 0.384. The number of rotatable bonds is 10. The number of methoxy groups -OCH3 is 2. The van der Waals surface area contributed by atoms with Gasteiger partial charge in [0.05, 0.1) is 19.8 Å². The van der Waals surface area contributed by atoms with Crippen LogP contribution in [0.4, 0.5) is 5.69 Å². The fourth-order valence-corrected chi connectivity index (χ4v) is 3.13. The number of anilines is 1. The average Bonchev–Trinajstić information content (AvgIpc) is 2.61. The van der Waals surface area contributed by atoms with E-state index in [1.54, 1.807) is 26.0 Å². The smallest absolute Gasteiger partial charge is 0.172 e. The zero-order chi connectivity index (χ0) is 18.8. The minimum Gasteiger partial charge on any atom is -0.493 e. The van der Waals surface area contributed by atoms with Gasteiger partial charge in [0.2, 0.25) is 0 Å². The molecule has 1 aromatic carbocycles. The molecule has 0 aliphatic carbocycles. The molecule has 0 spiro atoms. The molecular weight excluding hydrogens is 334 g/mol. The number of nitrogens with one attached hydrogen (secondary N) is 1. The lowest BCUT2D eigenvalue weighted by Gasteiger charge is -2.17.